The van der Waals surface area contributed by atoms with Crippen LogP contribution in [0.25, 0.3) is 0 Å². The lowest BCUT2D eigenvalue weighted by molar-refractivity contribution is -0.143. The van der Waals surface area contributed by atoms with Gasteiger partial charge in [0, 0.05) is 6.42 Å². The minimum absolute atomic E-state index is 0.113. The molecule has 0 saturated carbocycles. The molecule has 0 spiro atoms. The van der Waals surface area contributed by atoms with Crippen molar-refractivity contribution in [1.29, 1.82) is 0 Å². The molecule has 0 aliphatic heterocycles. The van der Waals surface area contributed by atoms with Crippen LogP contribution in [0.1, 0.15) is 35.6 Å². The normalized spacial score (nSPS) is 10.2. The van der Waals surface area contributed by atoms with E-state index in [1.165, 1.54) is 22.3 Å². The molecule has 0 heterocycles. The van der Waals surface area contributed by atoms with Crippen LogP contribution in [0.15, 0.2) is 12.1 Å². The number of aryl methyl sites for hydroxylation is 3. The first-order chi connectivity index (χ1) is 7.54. The summed E-state index contributed by atoms with van der Waals surface area (Å²) in [6, 6.07) is 4.31. The lowest BCUT2D eigenvalue weighted by Crippen LogP contribution is -2.05. The summed E-state index contributed by atoms with van der Waals surface area (Å²) in [6.07, 6.45) is 1.23. The van der Waals surface area contributed by atoms with Crippen molar-refractivity contribution >= 4 is 5.97 Å². The van der Waals surface area contributed by atoms with Gasteiger partial charge >= 0.3 is 5.97 Å². The molecule has 0 radical (unpaired) electrons. The van der Waals surface area contributed by atoms with Gasteiger partial charge in [-0.3, -0.25) is 4.79 Å². The Hall–Kier alpha value is -1.31. The van der Waals surface area contributed by atoms with Gasteiger partial charge in [-0.2, -0.15) is 0 Å². The second-order valence-corrected chi connectivity index (χ2v) is 4.16. The minimum Gasteiger partial charge on any atom is -0.466 e. The van der Waals surface area contributed by atoms with Gasteiger partial charge in [-0.05, 0) is 56.4 Å². The highest BCUT2D eigenvalue weighted by Gasteiger charge is 2.05. The second-order valence-electron chi connectivity index (χ2n) is 4.16. The average Bonchev–Trinajstić information content (AvgIpc) is 2.23. The van der Waals surface area contributed by atoms with E-state index < -0.39 is 0 Å². The summed E-state index contributed by atoms with van der Waals surface area (Å²) in [5.74, 6) is -0.113. The Labute approximate surface area is 97.6 Å². The highest BCUT2D eigenvalue weighted by Crippen LogP contribution is 2.16. The molecule has 0 fully saturated rings. The van der Waals surface area contributed by atoms with Crippen molar-refractivity contribution in [2.24, 2.45) is 0 Å². The molecule has 0 atom stereocenters. The Morgan fingerprint density at radius 3 is 2.25 bits per heavy atom. The first-order valence-corrected chi connectivity index (χ1v) is 5.77. The van der Waals surface area contributed by atoms with Crippen molar-refractivity contribution in [3.8, 4) is 0 Å². The molecule has 0 bridgehead atoms. The number of ether oxygens (including phenoxy) is 1. The molecule has 0 aromatic heterocycles. The maximum absolute atomic E-state index is 11.2. The Kier molecular flexibility index (Phi) is 4.53. The molecule has 1 aromatic carbocycles. The van der Waals surface area contributed by atoms with Crippen LogP contribution in [0.4, 0.5) is 0 Å². The number of benzene rings is 1. The standard InChI is InChI=1S/C14H20O2/c1-5-16-14(15)7-6-13-8-10(2)12(4)11(3)9-13/h8-9H,5-7H2,1-4H3. The highest BCUT2D eigenvalue weighted by molar-refractivity contribution is 5.69. The van der Waals surface area contributed by atoms with Crippen LogP contribution in [0.2, 0.25) is 0 Å². The summed E-state index contributed by atoms with van der Waals surface area (Å²) in [4.78, 5) is 11.2. The third-order valence-electron chi connectivity index (χ3n) is 2.91. The molecule has 0 amide bonds. The Morgan fingerprint density at radius 2 is 1.75 bits per heavy atom. The molecule has 2 heteroatoms. The molecule has 1 rings (SSSR count). The van der Waals surface area contributed by atoms with Gasteiger partial charge in [0.25, 0.3) is 0 Å². The van der Waals surface area contributed by atoms with E-state index in [0.29, 0.717) is 13.0 Å². The quantitative estimate of drug-likeness (QED) is 0.729. The summed E-state index contributed by atoms with van der Waals surface area (Å²) < 4.78 is 4.91. The molecule has 2 nitrogen and oxygen atoms in total. The van der Waals surface area contributed by atoms with E-state index in [9.17, 15) is 4.79 Å². The Bertz CT molecular complexity index is 357. The lowest BCUT2D eigenvalue weighted by Gasteiger charge is -2.08. The number of esters is 1. The van der Waals surface area contributed by atoms with Gasteiger partial charge in [0.1, 0.15) is 0 Å². The van der Waals surface area contributed by atoms with Crippen molar-refractivity contribution in [3.05, 3.63) is 34.4 Å². The predicted octanol–water partition coefficient (Wildman–Crippen LogP) is 3.11. The maximum Gasteiger partial charge on any atom is 0.306 e. The Balaban J connectivity index is 2.65. The smallest absolute Gasteiger partial charge is 0.306 e. The highest BCUT2D eigenvalue weighted by atomic mass is 16.5. The van der Waals surface area contributed by atoms with Crippen molar-refractivity contribution in [1.82, 2.24) is 0 Å². The van der Waals surface area contributed by atoms with Gasteiger partial charge in [0.2, 0.25) is 0 Å². The van der Waals surface area contributed by atoms with Gasteiger partial charge in [0.15, 0.2) is 0 Å². The van der Waals surface area contributed by atoms with Gasteiger partial charge < -0.3 is 4.74 Å². The first-order valence-electron chi connectivity index (χ1n) is 5.77. The van der Waals surface area contributed by atoms with Crippen molar-refractivity contribution in [3.63, 3.8) is 0 Å². The molecule has 0 unspecified atom stereocenters. The van der Waals surface area contributed by atoms with Crippen LogP contribution in [0, 0.1) is 20.8 Å². The average molecular weight is 220 g/mol. The molecule has 0 aliphatic carbocycles. The fourth-order valence-corrected chi connectivity index (χ4v) is 1.75. The van der Waals surface area contributed by atoms with E-state index in [4.69, 9.17) is 4.74 Å². The fourth-order valence-electron chi connectivity index (χ4n) is 1.75. The largest absolute Gasteiger partial charge is 0.466 e. The molecule has 16 heavy (non-hydrogen) atoms. The zero-order valence-electron chi connectivity index (χ0n) is 10.6. The van der Waals surface area contributed by atoms with Crippen LogP contribution in [-0.2, 0) is 16.0 Å². The minimum atomic E-state index is -0.113. The van der Waals surface area contributed by atoms with Crippen molar-refractivity contribution < 1.29 is 9.53 Å². The van der Waals surface area contributed by atoms with Crippen LogP contribution in [-0.4, -0.2) is 12.6 Å². The van der Waals surface area contributed by atoms with E-state index in [1.807, 2.05) is 6.92 Å². The van der Waals surface area contributed by atoms with Crippen molar-refractivity contribution in [2.45, 2.75) is 40.5 Å². The van der Waals surface area contributed by atoms with Crippen LogP contribution >= 0.6 is 0 Å². The van der Waals surface area contributed by atoms with Gasteiger partial charge in [-0.25, -0.2) is 0 Å². The zero-order chi connectivity index (χ0) is 12.1. The lowest BCUT2D eigenvalue weighted by atomic mass is 9.98. The molecule has 0 aliphatic rings. The Morgan fingerprint density at radius 1 is 1.19 bits per heavy atom. The maximum atomic E-state index is 11.2. The van der Waals surface area contributed by atoms with Crippen LogP contribution in [0.3, 0.4) is 0 Å². The zero-order valence-corrected chi connectivity index (χ0v) is 10.6. The van der Waals surface area contributed by atoms with E-state index >= 15 is 0 Å². The van der Waals surface area contributed by atoms with Crippen molar-refractivity contribution in [2.75, 3.05) is 6.61 Å². The van der Waals surface area contributed by atoms with Gasteiger partial charge in [0.05, 0.1) is 6.61 Å². The summed E-state index contributed by atoms with van der Waals surface area (Å²) in [5, 5.41) is 0. The number of hydrogen-bond donors (Lipinski definition) is 0. The van der Waals surface area contributed by atoms with E-state index in [1.54, 1.807) is 0 Å². The third-order valence-corrected chi connectivity index (χ3v) is 2.91. The molecule has 0 saturated heterocycles. The summed E-state index contributed by atoms with van der Waals surface area (Å²) in [6.45, 7) is 8.63. The predicted molar refractivity (Wildman–Crippen MR) is 65.6 cm³/mol. The van der Waals surface area contributed by atoms with E-state index in [-0.39, 0.29) is 5.97 Å². The summed E-state index contributed by atoms with van der Waals surface area (Å²) in [5.41, 5.74) is 5.13. The second kappa shape index (κ2) is 5.69. The topological polar surface area (TPSA) is 26.3 Å². The van der Waals surface area contributed by atoms with Crippen LogP contribution in [0.5, 0.6) is 0 Å². The third kappa shape index (κ3) is 3.37. The fraction of sp³-hybridized carbons (Fsp3) is 0.500. The van der Waals surface area contributed by atoms with Crippen LogP contribution < -0.4 is 0 Å². The SMILES string of the molecule is CCOC(=O)CCc1cc(C)c(C)c(C)c1. The molecular formula is C14H20O2. The number of rotatable bonds is 4. The summed E-state index contributed by atoms with van der Waals surface area (Å²) in [7, 11) is 0. The number of carbonyl (C=O) groups is 1. The van der Waals surface area contributed by atoms with Gasteiger partial charge in [-0.15, -0.1) is 0 Å². The number of carbonyl (C=O) groups excluding carboxylic acids is 1. The van der Waals surface area contributed by atoms with Gasteiger partial charge in [-0.1, -0.05) is 12.1 Å². The van der Waals surface area contributed by atoms with E-state index in [0.717, 1.165) is 6.42 Å². The molecule has 0 N–H and O–H groups in total. The first kappa shape index (κ1) is 12.8. The summed E-state index contributed by atoms with van der Waals surface area (Å²) >= 11 is 0. The van der Waals surface area contributed by atoms with E-state index in [2.05, 4.69) is 32.9 Å². The monoisotopic (exact) mass is 220 g/mol. The molecular weight excluding hydrogens is 200 g/mol. The molecule has 1 aromatic rings. The molecule has 88 valence electrons. The number of hydrogen-bond acceptors (Lipinski definition) is 2.